The van der Waals surface area contributed by atoms with Gasteiger partial charge >= 0.3 is 12.1 Å². The molecule has 1 unspecified atom stereocenters. The Balaban J connectivity index is 1.42. The lowest BCUT2D eigenvalue weighted by molar-refractivity contribution is -0.146. The van der Waals surface area contributed by atoms with Gasteiger partial charge in [-0.1, -0.05) is 0 Å². The number of anilines is 2. The summed E-state index contributed by atoms with van der Waals surface area (Å²) in [7, 11) is 1.37. The number of methoxy groups -OCH3 is 1. The Kier molecular flexibility index (Phi) is 8.42. The third-order valence-electron chi connectivity index (χ3n) is 6.92. The highest BCUT2D eigenvalue weighted by Gasteiger charge is 2.34. The number of piperidine rings is 1. The molecule has 202 valence electrons. The van der Waals surface area contributed by atoms with Gasteiger partial charge in [-0.3, -0.25) is 14.7 Å². The molecule has 9 nitrogen and oxygen atoms in total. The average molecular weight is 527 g/mol. The van der Waals surface area contributed by atoms with E-state index >= 15 is 4.39 Å². The Hall–Kier alpha value is -3.06. The van der Waals surface area contributed by atoms with Gasteiger partial charge in [0.2, 0.25) is 5.82 Å². The number of nitrogens with zero attached hydrogens (tertiary/aromatic N) is 5. The van der Waals surface area contributed by atoms with Crippen LogP contribution in [0.3, 0.4) is 0 Å². The molecule has 0 amide bonds. The zero-order valence-electron chi connectivity index (χ0n) is 20.7. The van der Waals surface area contributed by atoms with Crippen molar-refractivity contribution in [3.63, 3.8) is 0 Å². The van der Waals surface area contributed by atoms with Crippen LogP contribution in [-0.2, 0) is 20.4 Å². The summed E-state index contributed by atoms with van der Waals surface area (Å²) in [6.45, 7) is 4.52. The number of nitrogens with one attached hydrogen (secondary N) is 1. The van der Waals surface area contributed by atoms with E-state index < -0.39 is 23.6 Å². The molecule has 2 aliphatic rings. The largest absolute Gasteiger partial charge is 0.468 e. The zero-order chi connectivity index (χ0) is 26.6. The van der Waals surface area contributed by atoms with Crippen molar-refractivity contribution in [3.05, 3.63) is 41.7 Å². The molecule has 0 radical (unpaired) electrons. The van der Waals surface area contributed by atoms with Gasteiger partial charge in [-0.2, -0.15) is 17.6 Å². The van der Waals surface area contributed by atoms with Gasteiger partial charge in [0.15, 0.2) is 11.6 Å². The molecule has 2 fully saturated rings. The fraction of sp³-hybridized carbons (Fsp3) is 0.583. The summed E-state index contributed by atoms with van der Waals surface area (Å²) in [5.74, 6) is -0.542. The quantitative estimate of drug-likeness (QED) is 0.431. The lowest BCUT2D eigenvalue weighted by Gasteiger charge is -2.36. The number of esters is 1. The first-order valence-electron chi connectivity index (χ1n) is 12.1. The first-order valence-corrected chi connectivity index (χ1v) is 12.1. The molecule has 2 aromatic rings. The molecule has 0 aromatic carbocycles. The Morgan fingerprint density at radius 2 is 1.97 bits per heavy atom. The fourth-order valence-corrected chi connectivity index (χ4v) is 4.66. The number of carbonyl (C=O) groups is 1. The topological polar surface area (TPSA) is 92.7 Å². The van der Waals surface area contributed by atoms with E-state index in [9.17, 15) is 18.0 Å². The Morgan fingerprint density at radius 3 is 2.62 bits per heavy atom. The van der Waals surface area contributed by atoms with Gasteiger partial charge < -0.3 is 19.7 Å². The second-order valence-corrected chi connectivity index (χ2v) is 9.17. The summed E-state index contributed by atoms with van der Waals surface area (Å²) >= 11 is 0. The molecule has 13 heteroatoms. The highest BCUT2D eigenvalue weighted by atomic mass is 19.4. The van der Waals surface area contributed by atoms with Crippen molar-refractivity contribution >= 4 is 17.6 Å². The smallest absolute Gasteiger partial charge is 0.417 e. The number of ether oxygens (including phenoxy) is 2. The van der Waals surface area contributed by atoms with E-state index in [2.05, 4.69) is 25.2 Å². The minimum Gasteiger partial charge on any atom is -0.468 e. The van der Waals surface area contributed by atoms with E-state index in [1.54, 1.807) is 4.90 Å². The van der Waals surface area contributed by atoms with Gasteiger partial charge in [0.1, 0.15) is 12.4 Å². The van der Waals surface area contributed by atoms with Crippen molar-refractivity contribution < 1.29 is 31.8 Å². The van der Waals surface area contributed by atoms with Crippen molar-refractivity contribution in [2.45, 2.75) is 38.0 Å². The molecule has 4 heterocycles. The first kappa shape index (κ1) is 27.0. The average Bonchev–Trinajstić information content (AvgIpc) is 2.91. The maximum absolute atomic E-state index is 15.5. The van der Waals surface area contributed by atoms with Gasteiger partial charge in [0.05, 0.1) is 37.6 Å². The Labute approximate surface area is 212 Å². The van der Waals surface area contributed by atoms with Crippen LogP contribution in [0, 0.1) is 11.7 Å². The van der Waals surface area contributed by atoms with E-state index in [1.165, 1.54) is 19.5 Å². The molecule has 1 N–H and O–H groups in total. The molecule has 0 bridgehead atoms. The molecule has 37 heavy (non-hydrogen) atoms. The highest BCUT2D eigenvalue weighted by Crippen LogP contribution is 2.33. The molecular formula is C24H30F4N6O3. The van der Waals surface area contributed by atoms with Crippen molar-refractivity contribution in [2.75, 3.05) is 56.7 Å². The monoisotopic (exact) mass is 526 g/mol. The second-order valence-electron chi connectivity index (χ2n) is 9.17. The molecule has 4 rings (SSSR count). The zero-order valence-corrected chi connectivity index (χ0v) is 20.7. The number of likely N-dealkylation sites (tertiary alicyclic amines) is 1. The number of rotatable bonds is 7. The minimum atomic E-state index is -4.50. The fourth-order valence-electron chi connectivity index (χ4n) is 4.66. The van der Waals surface area contributed by atoms with E-state index in [0.29, 0.717) is 18.8 Å². The first-order chi connectivity index (χ1) is 17.7. The summed E-state index contributed by atoms with van der Waals surface area (Å²) in [5, 5.41) is 3.08. The normalized spacial score (nSPS) is 20.5. The molecule has 2 atom stereocenters. The molecular weight excluding hydrogens is 496 g/mol. The van der Waals surface area contributed by atoms with Crippen LogP contribution in [0.15, 0.2) is 24.7 Å². The standard InChI is InChI=1S/C24H30F4N6O3/c1-15(23(35)36-2)33-7-5-16(6-8-33)11-30-21-20(25)22(32-14-31-21)34-9-10-37-13-19(34)18-4-3-17(12-29-18)24(26,27)28/h3-4,12,14-16,19H,5-11,13H2,1-2H3,(H,30,31,32)/t15?,19-/m1/s1. The van der Waals surface area contributed by atoms with Crippen LogP contribution in [0.4, 0.5) is 29.2 Å². The van der Waals surface area contributed by atoms with Gasteiger partial charge in [-0.25, -0.2) is 9.97 Å². The molecule has 2 aliphatic heterocycles. The SMILES string of the molecule is COC(=O)C(C)N1CCC(CNc2ncnc(N3CCOC[C@@H]3c3ccc(C(F)(F)F)cn3)c2F)CC1. The Bertz CT molecular complexity index is 1060. The summed E-state index contributed by atoms with van der Waals surface area (Å²) < 4.78 is 64.7. The summed E-state index contributed by atoms with van der Waals surface area (Å²) in [6, 6.07) is 1.33. The van der Waals surface area contributed by atoms with Crippen molar-refractivity contribution in [1.82, 2.24) is 19.9 Å². The highest BCUT2D eigenvalue weighted by molar-refractivity contribution is 5.75. The van der Waals surface area contributed by atoms with E-state index in [1.807, 2.05) is 6.92 Å². The van der Waals surface area contributed by atoms with Crippen molar-refractivity contribution in [1.29, 1.82) is 0 Å². The van der Waals surface area contributed by atoms with Crippen LogP contribution in [0.1, 0.15) is 37.1 Å². The van der Waals surface area contributed by atoms with Crippen LogP contribution in [-0.4, -0.2) is 78.4 Å². The molecule has 2 aromatic heterocycles. The van der Waals surface area contributed by atoms with Crippen LogP contribution in [0.5, 0.6) is 0 Å². The van der Waals surface area contributed by atoms with Gasteiger partial charge in [0.25, 0.3) is 0 Å². The number of carbonyl (C=O) groups excluding carboxylic acids is 1. The van der Waals surface area contributed by atoms with E-state index in [-0.39, 0.29) is 42.7 Å². The summed E-state index contributed by atoms with van der Waals surface area (Å²) in [5.41, 5.74) is -0.530. The number of aromatic nitrogens is 3. The third-order valence-corrected chi connectivity index (χ3v) is 6.92. The van der Waals surface area contributed by atoms with Crippen LogP contribution < -0.4 is 10.2 Å². The lowest BCUT2D eigenvalue weighted by atomic mass is 9.96. The minimum absolute atomic E-state index is 0.0363. The molecule has 0 saturated carbocycles. The molecule has 0 spiro atoms. The van der Waals surface area contributed by atoms with Crippen molar-refractivity contribution in [2.24, 2.45) is 5.92 Å². The van der Waals surface area contributed by atoms with Crippen molar-refractivity contribution in [3.8, 4) is 0 Å². The molecule has 2 saturated heterocycles. The number of pyridine rings is 1. The van der Waals surface area contributed by atoms with Gasteiger partial charge in [-0.15, -0.1) is 0 Å². The summed E-state index contributed by atoms with van der Waals surface area (Å²) in [6.07, 6.45) is -0.807. The maximum atomic E-state index is 15.5. The summed E-state index contributed by atoms with van der Waals surface area (Å²) in [4.78, 5) is 27.7. The Morgan fingerprint density at radius 1 is 1.22 bits per heavy atom. The predicted molar refractivity (Wildman–Crippen MR) is 126 cm³/mol. The van der Waals surface area contributed by atoms with E-state index in [4.69, 9.17) is 9.47 Å². The molecule has 0 aliphatic carbocycles. The number of morpholine rings is 1. The van der Waals surface area contributed by atoms with Gasteiger partial charge in [-0.05, 0) is 50.9 Å². The lowest BCUT2D eigenvalue weighted by Crippen LogP contribution is -2.45. The number of hydrogen-bond acceptors (Lipinski definition) is 9. The number of hydrogen-bond donors (Lipinski definition) is 1. The van der Waals surface area contributed by atoms with Crippen LogP contribution >= 0.6 is 0 Å². The predicted octanol–water partition coefficient (Wildman–Crippen LogP) is 3.29. The maximum Gasteiger partial charge on any atom is 0.417 e. The van der Waals surface area contributed by atoms with Crippen LogP contribution in [0.25, 0.3) is 0 Å². The number of alkyl halides is 3. The van der Waals surface area contributed by atoms with Gasteiger partial charge in [0, 0.05) is 19.3 Å². The van der Waals surface area contributed by atoms with E-state index in [0.717, 1.165) is 38.2 Å². The number of halogens is 4. The third kappa shape index (κ3) is 6.27. The second kappa shape index (κ2) is 11.5. The van der Waals surface area contributed by atoms with Crippen LogP contribution in [0.2, 0.25) is 0 Å².